The molecule has 0 atom stereocenters. The first kappa shape index (κ1) is 10.8. The highest BCUT2D eigenvalue weighted by molar-refractivity contribution is 6.20. The van der Waals surface area contributed by atoms with Crippen molar-refractivity contribution in [2.24, 2.45) is 0 Å². The predicted octanol–water partition coefficient (Wildman–Crippen LogP) is 0.218. The van der Waals surface area contributed by atoms with Gasteiger partial charge in [-0.15, -0.1) is 0 Å². The van der Waals surface area contributed by atoms with E-state index in [0.29, 0.717) is 16.8 Å². The predicted molar refractivity (Wildman–Crippen MR) is 69.6 cm³/mol. The molecule has 7 heteroatoms. The van der Waals surface area contributed by atoms with Crippen LogP contribution in [0.25, 0.3) is 22.4 Å². The van der Waals surface area contributed by atoms with Crippen molar-refractivity contribution >= 4 is 16.9 Å². The highest BCUT2D eigenvalue weighted by Gasteiger charge is 2.30. The van der Waals surface area contributed by atoms with E-state index in [0.717, 1.165) is 0 Å². The fourth-order valence-electron chi connectivity index (χ4n) is 2.34. The van der Waals surface area contributed by atoms with Gasteiger partial charge in [-0.1, -0.05) is 24.3 Å². The van der Waals surface area contributed by atoms with Gasteiger partial charge in [0.15, 0.2) is 11.2 Å². The van der Waals surface area contributed by atoms with Crippen LogP contribution in [0, 0.1) is 0 Å². The van der Waals surface area contributed by atoms with Crippen LogP contribution in [0.4, 0.5) is 0 Å². The molecule has 0 bridgehead atoms. The van der Waals surface area contributed by atoms with Gasteiger partial charge in [-0.2, -0.15) is 0 Å². The molecule has 0 saturated carbocycles. The van der Waals surface area contributed by atoms with Crippen LogP contribution in [0.15, 0.2) is 33.9 Å². The molecule has 0 saturated heterocycles. The monoisotopic (exact) mass is 266 g/mol. The second kappa shape index (κ2) is 3.47. The molecule has 0 fully saturated rings. The Morgan fingerprint density at radius 1 is 0.850 bits per heavy atom. The topological polar surface area (TPSA) is 109 Å². The number of hydrogen-bond donors (Lipinski definition) is 2. The first-order valence-corrected chi connectivity index (χ1v) is 5.83. The van der Waals surface area contributed by atoms with Crippen LogP contribution in [-0.4, -0.2) is 25.7 Å². The Kier molecular flexibility index (Phi) is 1.88. The van der Waals surface area contributed by atoms with E-state index in [1.165, 1.54) is 0 Å². The summed E-state index contributed by atoms with van der Waals surface area (Å²) < 4.78 is 0. The maximum atomic E-state index is 12.2. The summed E-state index contributed by atoms with van der Waals surface area (Å²) in [5.41, 5.74) is 0.377. The SMILES string of the molecule is O=C1c2ccccc2-c2nc3c(=O)[nH]c(=O)[nH]c3nc21. The summed E-state index contributed by atoms with van der Waals surface area (Å²) in [6.45, 7) is 0. The first-order chi connectivity index (χ1) is 9.65. The maximum Gasteiger partial charge on any atom is 0.327 e. The zero-order valence-corrected chi connectivity index (χ0v) is 9.93. The fraction of sp³-hybridized carbons (Fsp3) is 0. The second-order valence-corrected chi connectivity index (χ2v) is 4.40. The van der Waals surface area contributed by atoms with Crippen molar-refractivity contribution < 1.29 is 4.79 Å². The van der Waals surface area contributed by atoms with Crippen LogP contribution in [0.2, 0.25) is 0 Å². The summed E-state index contributed by atoms with van der Waals surface area (Å²) in [6.07, 6.45) is 0. The molecule has 4 rings (SSSR count). The molecule has 20 heavy (non-hydrogen) atoms. The Labute approximate surface area is 110 Å². The molecule has 2 heterocycles. The lowest BCUT2D eigenvalue weighted by Crippen LogP contribution is -2.23. The van der Waals surface area contributed by atoms with Crippen molar-refractivity contribution in [1.82, 2.24) is 19.9 Å². The van der Waals surface area contributed by atoms with Gasteiger partial charge in [0.05, 0.1) is 0 Å². The van der Waals surface area contributed by atoms with E-state index in [-0.39, 0.29) is 22.6 Å². The van der Waals surface area contributed by atoms with E-state index in [2.05, 4.69) is 19.9 Å². The van der Waals surface area contributed by atoms with Crippen LogP contribution >= 0.6 is 0 Å². The molecule has 0 spiro atoms. The van der Waals surface area contributed by atoms with Gasteiger partial charge in [0, 0.05) is 11.1 Å². The Balaban J connectivity index is 2.19. The van der Waals surface area contributed by atoms with Gasteiger partial charge < -0.3 is 0 Å². The molecule has 2 N–H and O–H groups in total. The van der Waals surface area contributed by atoms with Crippen molar-refractivity contribution in [3.63, 3.8) is 0 Å². The maximum absolute atomic E-state index is 12.2. The minimum atomic E-state index is -0.681. The number of nitrogens with one attached hydrogen (secondary N) is 2. The molecule has 0 aliphatic heterocycles. The summed E-state index contributed by atoms with van der Waals surface area (Å²) in [7, 11) is 0. The van der Waals surface area contributed by atoms with Gasteiger partial charge in [-0.05, 0) is 0 Å². The Hall–Kier alpha value is -3.09. The lowest BCUT2D eigenvalue weighted by atomic mass is 10.1. The minimum Gasteiger partial charge on any atom is -0.290 e. The molecule has 3 aromatic rings. The third kappa shape index (κ3) is 1.26. The quantitative estimate of drug-likeness (QED) is 0.473. The largest absolute Gasteiger partial charge is 0.327 e. The molecule has 1 aromatic carbocycles. The first-order valence-electron chi connectivity index (χ1n) is 5.83. The summed E-state index contributed by atoms with van der Waals surface area (Å²) in [5, 5.41) is 0. The van der Waals surface area contributed by atoms with Crippen LogP contribution in [0.5, 0.6) is 0 Å². The van der Waals surface area contributed by atoms with Crippen LogP contribution in [-0.2, 0) is 0 Å². The molecule has 96 valence electrons. The van der Waals surface area contributed by atoms with E-state index in [1.54, 1.807) is 24.3 Å². The van der Waals surface area contributed by atoms with Crippen LogP contribution in [0.3, 0.4) is 0 Å². The number of carbonyl (C=O) groups is 1. The molecule has 1 aliphatic rings. The van der Waals surface area contributed by atoms with Crippen molar-refractivity contribution in [1.29, 1.82) is 0 Å². The standard InChI is InChI=1S/C13H6N4O3/c18-10-6-4-2-1-3-5(6)7-8(10)15-11-9(14-7)12(19)17-13(20)16-11/h1-4H,(H2,15,16,17,19,20). The van der Waals surface area contributed by atoms with Crippen molar-refractivity contribution in [3.8, 4) is 11.3 Å². The molecular formula is C13H6N4O3. The smallest absolute Gasteiger partial charge is 0.290 e. The van der Waals surface area contributed by atoms with E-state index < -0.39 is 11.2 Å². The van der Waals surface area contributed by atoms with Crippen LogP contribution < -0.4 is 11.2 Å². The molecule has 2 aromatic heterocycles. The van der Waals surface area contributed by atoms with E-state index in [4.69, 9.17) is 0 Å². The number of hydrogen-bond acceptors (Lipinski definition) is 5. The summed E-state index contributed by atoms with van der Waals surface area (Å²) in [4.78, 5) is 47.9. The Morgan fingerprint density at radius 2 is 1.60 bits per heavy atom. The highest BCUT2D eigenvalue weighted by Crippen LogP contribution is 2.33. The van der Waals surface area contributed by atoms with Gasteiger partial charge in [0.1, 0.15) is 11.4 Å². The van der Waals surface area contributed by atoms with Crippen LogP contribution in [0.1, 0.15) is 16.1 Å². The molecular weight excluding hydrogens is 260 g/mol. The lowest BCUT2D eigenvalue weighted by molar-refractivity contribution is 0.103. The molecule has 1 aliphatic carbocycles. The Morgan fingerprint density at radius 3 is 2.40 bits per heavy atom. The van der Waals surface area contributed by atoms with Gasteiger partial charge in [0.25, 0.3) is 5.56 Å². The third-order valence-corrected chi connectivity index (χ3v) is 3.21. The second-order valence-electron chi connectivity index (χ2n) is 4.40. The molecule has 0 radical (unpaired) electrons. The molecule has 7 nitrogen and oxygen atoms in total. The summed E-state index contributed by atoms with van der Waals surface area (Å²) >= 11 is 0. The van der Waals surface area contributed by atoms with Crippen molar-refractivity contribution in [2.75, 3.05) is 0 Å². The highest BCUT2D eigenvalue weighted by atomic mass is 16.2. The minimum absolute atomic E-state index is 0.00727. The molecule has 0 amide bonds. The number of aromatic nitrogens is 4. The summed E-state index contributed by atoms with van der Waals surface area (Å²) in [5.74, 6) is -0.258. The number of ketones is 1. The van der Waals surface area contributed by atoms with Crippen molar-refractivity contribution in [3.05, 3.63) is 56.4 Å². The van der Waals surface area contributed by atoms with Gasteiger partial charge in [-0.25, -0.2) is 14.8 Å². The fourth-order valence-corrected chi connectivity index (χ4v) is 2.34. The van der Waals surface area contributed by atoms with Crippen molar-refractivity contribution in [2.45, 2.75) is 0 Å². The average Bonchev–Trinajstić information content (AvgIpc) is 2.71. The lowest BCUT2D eigenvalue weighted by Gasteiger charge is -2.00. The zero-order valence-electron chi connectivity index (χ0n) is 9.93. The average molecular weight is 266 g/mol. The number of nitrogens with zero attached hydrogens (tertiary/aromatic N) is 2. The van der Waals surface area contributed by atoms with Gasteiger partial charge in [0.2, 0.25) is 5.78 Å². The number of carbonyl (C=O) groups excluding carboxylic acids is 1. The third-order valence-electron chi connectivity index (χ3n) is 3.21. The number of H-pyrrole nitrogens is 2. The Bertz CT molecular complexity index is 1020. The van der Waals surface area contributed by atoms with E-state index in [1.807, 2.05) is 0 Å². The van der Waals surface area contributed by atoms with E-state index >= 15 is 0 Å². The molecule has 0 unspecified atom stereocenters. The normalized spacial score (nSPS) is 12.5. The summed E-state index contributed by atoms with van der Waals surface area (Å²) in [6, 6.07) is 6.96. The van der Waals surface area contributed by atoms with Gasteiger partial charge >= 0.3 is 5.69 Å². The number of rotatable bonds is 0. The van der Waals surface area contributed by atoms with E-state index in [9.17, 15) is 14.4 Å². The number of benzene rings is 1. The zero-order chi connectivity index (χ0) is 13.9. The number of aromatic amines is 2. The van der Waals surface area contributed by atoms with Gasteiger partial charge in [-0.3, -0.25) is 19.6 Å². The number of fused-ring (bicyclic) bond motifs is 4.